The van der Waals surface area contributed by atoms with Crippen LogP contribution in [0.4, 0.5) is 5.82 Å². The van der Waals surface area contributed by atoms with E-state index in [1.165, 1.54) is 0 Å². The van der Waals surface area contributed by atoms with Crippen LogP contribution in [0.2, 0.25) is 0 Å². The lowest BCUT2D eigenvalue weighted by Crippen LogP contribution is -2.12. The van der Waals surface area contributed by atoms with Crippen molar-refractivity contribution >= 4 is 22.6 Å². The van der Waals surface area contributed by atoms with Crippen LogP contribution in [0.5, 0.6) is 5.75 Å². The topological polar surface area (TPSA) is 95.8 Å². The van der Waals surface area contributed by atoms with Crippen molar-refractivity contribution < 1.29 is 9.90 Å². The number of aromatic amines is 1. The van der Waals surface area contributed by atoms with E-state index in [1.807, 2.05) is 0 Å². The first kappa shape index (κ1) is 14.1. The van der Waals surface area contributed by atoms with Crippen LogP contribution in [0, 0.1) is 5.92 Å². The zero-order valence-corrected chi connectivity index (χ0v) is 12.4. The Labute approximate surface area is 127 Å². The number of carbonyl (C=O) groups is 1. The number of hydrogen-bond donors (Lipinski definition) is 3. The maximum Gasteiger partial charge on any atom is 0.260 e. The molecule has 3 aromatic rings. The third-order valence-electron chi connectivity index (χ3n) is 3.23. The van der Waals surface area contributed by atoms with Crippen LogP contribution in [-0.2, 0) is 6.54 Å². The largest absolute Gasteiger partial charge is 0.508 e. The normalized spacial score (nSPS) is 11.2. The fourth-order valence-corrected chi connectivity index (χ4v) is 2.24. The summed E-state index contributed by atoms with van der Waals surface area (Å²) in [6, 6.07) is 4.80. The zero-order chi connectivity index (χ0) is 15.7. The molecule has 0 atom stereocenters. The molecule has 0 aliphatic carbocycles. The summed E-state index contributed by atoms with van der Waals surface area (Å²) in [6.07, 6.45) is 3.26. The lowest BCUT2D eigenvalue weighted by molar-refractivity contribution is 0.102. The Balaban J connectivity index is 1.79. The molecular weight excluding hydrogens is 282 g/mol. The SMILES string of the molecule is CC(C)Cn1cc(C(=O)Nc2n[nH]c3cc(O)ccc23)cn1. The molecule has 3 N–H and O–H groups in total. The molecule has 1 aromatic carbocycles. The van der Waals surface area contributed by atoms with Crippen LogP contribution in [0.15, 0.2) is 30.6 Å². The summed E-state index contributed by atoms with van der Waals surface area (Å²) >= 11 is 0. The minimum absolute atomic E-state index is 0.143. The van der Waals surface area contributed by atoms with Crippen LogP contribution in [-0.4, -0.2) is 31.0 Å². The molecular formula is C15H17N5O2. The standard InChI is InChI=1S/C15H17N5O2/c1-9(2)7-20-8-10(6-16-20)15(22)17-14-12-4-3-11(21)5-13(12)18-19-14/h3-6,8-9,21H,7H2,1-2H3,(H2,17,18,19,22). The summed E-state index contributed by atoms with van der Waals surface area (Å²) in [5.41, 5.74) is 1.14. The molecule has 7 nitrogen and oxygen atoms in total. The van der Waals surface area contributed by atoms with Gasteiger partial charge in [-0.3, -0.25) is 14.6 Å². The number of phenolic OH excluding ortho intramolecular Hbond substituents is 1. The summed E-state index contributed by atoms with van der Waals surface area (Å²) in [7, 11) is 0. The van der Waals surface area contributed by atoms with E-state index in [9.17, 15) is 9.90 Å². The summed E-state index contributed by atoms with van der Waals surface area (Å²) in [5.74, 6) is 0.760. The Morgan fingerprint density at radius 3 is 3.05 bits per heavy atom. The molecule has 0 saturated carbocycles. The number of nitrogens with one attached hydrogen (secondary N) is 2. The summed E-state index contributed by atoms with van der Waals surface area (Å²) < 4.78 is 1.75. The lowest BCUT2D eigenvalue weighted by Gasteiger charge is -2.03. The van der Waals surface area contributed by atoms with E-state index in [0.29, 0.717) is 22.8 Å². The van der Waals surface area contributed by atoms with Gasteiger partial charge in [0.2, 0.25) is 0 Å². The fourth-order valence-electron chi connectivity index (χ4n) is 2.24. The van der Waals surface area contributed by atoms with Gasteiger partial charge in [0, 0.05) is 24.2 Å². The van der Waals surface area contributed by atoms with Crippen molar-refractivity contribution in [2.45, 2.75) is 20.4 Å². The first-order valence-corrected chi connectivity index (χ1v) is 7.04. The van der Waals surface area contributed by atoms with E-state index >= 15 is 0 Å². The average molecular weight is 299 g/mol. The molecule has 1 amide bonds. The Bertz CT molecular complexity index is 818. The molecule has 22 heavy (non-hydrogen) atoms. The molecule has 2 aromatic heterocycles. The van der Waals surface area contributed by atoms with Crippen molar-refractivity contribution in [3.8, 4) is 5.75 Å². The van der Waals surface area contributed by atoms with Gasteiger partial charge >= 0.3 is 0 Å². The third kappa shape index (κ3) is 2.78. The second-order valence-electron chi connectivity index (χ2n) is 5.60. The van der Waals surface area contributed by atoms with Crippen LogP contribution >= 0.6 is 0 Å². The highest BCUT2D eigenvalue weighted by molar-refractivity contribution is 6.07. The molecule has 0 fully saturated rings. The number of aromatic hydroxyl groups is 1. The van der Waals surface area contributed by atoms with E-state index in [-0.39, 0.29) is 11.7 Å². The summed E-state index contributed by atoms with van der Waals surface area (Å²) in [5, 5.41) is 23.9. The van der Waals surface area contributed by atoms with Gasteiger partial charge in [-0.2, -0.15) is 10.2 Å². The predicted molar refractivity (Wildman–Crippen MR) is 82.8 cm³/mol. The number of rotatable bonds is 4. The molecule has 0 radical (unpaired) electrons. The maximum atomic E-state index is 12.3. The second kappa shape index (κ2) is 5.51. The molecule has 7 heteroatoms. The molecule has 0 saturated heterocycles. The molecule has 114 valence electrons. The van der Waals surface area contributed by atoms with Gasteiger partial charge in [-0.15, -0.1) is 0 Å². The molecule has 3 rings (SSSR count). The first-order valence-electron chi connectivity index (χ1n) is 7.04. The van der Waals surface area contributed by atoms with Gasteiger partial charge in [0.1, 0.15) is 5.75 Å². The van der Waals surface area contributed by atoms with Crippen molar-refractivity contribution in [1.29, 1.82) is 0 Å². The quantitative estimate of drug-likeness (QED) is 0.689. The van der Waals surface area contributed by atoms with Gasteiger partial charge in [-0.05, 0) is 18.1 Å². The van der Waals surface area contributed by atoms with Crippen LogP contribution in [0.1, 0.15) is 24.2 Å². The van der Waals surface area contributed by atoms with Gasteiger partial charge in [0.05, 0.1) is 17.3 Å². The van der Waals surface area contributed by atoms with Gasteiger partial charge in [0.25, 0.3) is 5.91 Å². The van der Waals surface area contributed by atoms with E-state index in [4.69, 9.17) is 0 Å². The van der Waals surface area contributed by atoms with Crippen molar-refractivity contribution in [3.63, 3.8) is 0 Å². The van der Waals surface area contributed by atoms with Gasteiger partial charge < -0.3 is 10.4 Å². The van der Waals surface area contributed by atoms with Crippen LogP contribution in [0.3, 0.4) is 0 Å². The monoisotopic (exact) mass is 299 g/mol. The number of fused-ring (bicyclic) bond motifs is 1. The smallest absolute Gasteiger partial charge is 0.260 e. The van der Waals surface area contributed by atoms with Gasteiger partial charge in [0.15, 0.2) is 5.82 Å². The van der Waals surface area contributed by atoms with E-state index in [1.54, 1.807) is 35.3 Å². The fraction of sp³-hybridized carbons (Fsp3) is 0.267. The summed E-state index contributed by atoms with van der Waals surface area (Å²) in [6.45, 7) is 4.94. The predicted octanol–water partition coefficient (Wildman–Crippen LogP) is 2.37. The number of benzene rings is 1. The highest BCUT2D eigenvalue weighted by Gasteiger charge is 2.13. The summed E-state index contributed by atoms with van der Waals surface area (Å²) in [4.78, 5) is 12.3. The number of anilines is 1. The van der Waals surface area contributed by atoms with Crippen LogP contribution < -0.4 is 5.32 Å². The molecule has 0 aliphatic rings. The van der Waals surface area contributed by atoms with E-state index in [0.717, 1.165) is 11.9 Å². The Hall–Kier alpha value is -2.83. The third-order valence-corrected chi connectivity index (χ3v) is 3.23. The molecule has 2 heterocycles. The van der Waals surface area contributed by atoms with Crippen molar-refractivity contribution in [2.75, 3.05) is 5.32 Å². The van der Waals surface area contributed by atoms with Crippen LogP contribution in [0.25, 0.3) is 10.9 Å². The maximum absolute atomic E-state index is 12.3. The average Bonchev–Trinajstić information content (AvgIpc) is 3.05. The van der Waals surface area contributed by atoms with E-state index < -0.39 is 0 Å². The molecule has 0 spiro atoms. The Morgan fingerprint density at radius 2 is 2.27 bits per heavy atom. The first-order chi connectivity index (χ1) is 10.5. The van der Waals surface area contributed by atoms with E-state index in [2.05, 4.69) is 34.5 Å². The highest BCUT2D eigenvalue weighted by Crippen LogP contribution is 2.24. The number of hydrogen-bond acceptors (Lipinski definition) is 4. The highest BCUT2D eigenvalue weighted by atomic mass is 16.3. The second-order valence-corrected chi connectivity index (χ2v) is 5.60. The lowest BCUT2D eigenvalue weighted by atomic mass is 10.2. The molecule has 0 unspecified atom stereocenters. The molecule has 0 aliphatic heterocycles. The number of carbonyl (C=O) groups excluding carboxylic acids is 1. The Kier molecular flexibility index (Phi) is 3.54. The number of aromatic nitrogens is 4. The van der Waals surface area contributed by atoms with Crippen molar-refractivity contribution in [1.82, 2.24) is 20.0 Å². The zero-order valence-electron chi connectivity index (χ0n) is 12.4. The van der Waals surface area contributed by atoms with Crippen molar-refractivity contribution in [2.24, 2.45) is 5.92 Å². The molecule has 0 bridgehead atoms. The van der Waals surface area contributed by atoms with Gasteiger partial charge in [-0.1, -0.05) is 13.8 Å². The number of H-pyrrole nitrogens is 1. The van der Waals surface area contributed by atoms with Gasteiger partial charge in [-0.25, -0.2) is 0 Å². The minimum Gasteiger partial charge on any atom is -0.508 e. The van der Waals surface area contributed by atoms with Crippen molar-refractivity contribution in [3.05, 3.63) is 36.2 Å². The number of amides is 1. The minimum atomic E-state index is -0.267. The number of nitrogens with zero attached hydrogens (tertiary/aromatic N) is 3. The Morgan fingerprint density at radius 1 is 1.45 bits per heavy atom. The number of phenols is 1.